The highest BCUT2D eigenvalue weighted by Crippen LogP contribution is 2.27. The van der Waals surface area contributed by atoms with Crippen molar-refractivity contribution in [1.82, 2.24) is 9.88 Å². The second kappa shape index (κ2) is 10.2. The summed E-state index contributed by atoms with van der Waals surface area (Å²) in [7, 11) is 3.70. The zero-order chi connectivity index (χ0) is 20.7. The highest BCUT2D eigenvalue weighted by molar-refractivity contribution is 6.34. The fourth-order valence-electron chi connectivity index (χ4n) is 2.63. The summed E-state index contributed by atoms with van der Waals surface area (Å²) >= 11 is 12.6. The monoisotopic (exact) mass is 417 g/mol. The topological polar surface area (TPSA) is 48.1 Å². The molecule has 1 aromatic carbocycles. The number of amides is 1. The fourth-order valence-corrected chi connectivity index (χ4v) is 3.00. The molecule has 6 heteroatoms. The maximum absolute atomic E-state index is 12.1. The van der Waals surface area contributed by atoms with E-state index >= 15 is 0 Å². The van der Waals surface area contributed by atoms with E-state index in [9.17, 15) is 4.79 Å². The minimum absolute atomic E-state index is 0.243. The molecule has 2 N–H and O–H groups in total. The van der Waals surface area contributed by atoms with Crippen LogP contribution in [-0.4, -0.2) is 29.9 Å². The molecule has 0 unspecified atom stereocenters. The maximum Gasteiger partial charge on any atom is 0.249 e. The third-order valence-corrected chi connectivity index (χ3v) is 4.64. The van der Waals surface area contributed by atoms with Gasteiger partial charge in [-0.3, -0.25) is 4.79 Å². The number of hydrogen-bond donors (Lipinski definition) is 2. The molecular weight excluding hydrogens is 393 g/mol. The molecule has 0 saturated carbocycles. The highest BCUT2D eigenvalue weighted by atomic mass is 35.5. The van der Waals surface area contributed by atoms with Crippen LogP contribution in [0.3, 0.4) is 0 Å². The number of halogens is 2. The number of benzene rings is 1. The summed E-state index contributed by atoms with van der Waals surface area (Å²) < 4.78 is 0. The molecule has 0 aliphatic rings. The van der Waals surface area contributed by atoms with E-state index in [0.29, 0.717) is 15.7 Å². The van der Waals surface area contributed by atoms with Crippen LogP contribution in [0.2, 0.25) is 10.0 Å². The predicted molar refractivity (Wildman–Crippen MR) is 121 cm³/mol. The van der Waals surface area contributed by atoms with E-state index in [-0.39, 0.29) is 5.91 Å². The normalized spacial score (nSPS) is 13.4. The Morgan fingerprint density at radius 1 is 1.25 bits per heavy atom. The van der Waals surface area contributed by atoms with Crippen LogP contribution in [0.5, 0.6) is 0 Å². The van der Waals surface area contributed by atoms with Gasteiger partial charge in [0, 0.05) is 43.1 Å². The van der Waals surface area contributed by atoms with Gasteiger partial charge in [-0.2, -0.15) is 0 Å². The van der Waals surface area contributed by atoms with E-state index < -0.39 is 0 Å². The Balaban J connectivity index is 2.42. The van der Waals surface area contributed by atoms with Crippen molar-refractivity contribution in [1.29, 1.82) is 0 Å². The Kier molecular flexibility index (Phi) is 7.97. The first-order chi connectivity index (χ1) is 13.3. The molecule has 2 rings (SSSR count). The van der Waals surface area contributed by atoms with E-state index in [1.54, 1.807) is 23.4 Å². The number of rotatable bonds is 6. The van der Waals surface area contributed by atoms with Gasteiger partial charge in [0.15, 0.2) is 0 Å². The Bertz CT molecular complexity index is 1020. The third-order valence-electron chi connectivity index (χ3n) is 4.00. The van der Waals surface area contributed by atoms with Crippen LogP contribution < -0.4 is 15.9 Å². The van der Waals surface area contributed by atoms with Crippen molar-refractivity contribution in [3.8, 4) is 0 Å². The summed E-state index contributed by atoms with van der Waals surface area (Å²) in [5.74, 6) is -0.243. The third kappa shape index (κ3) is 5.78. The molecule has 0 aliphatic carbocycles. The van der Waals surface area contributed by atoms with Gasteiger partial charge in [0.25, 0.3) is 0 Å². The van der Waals surface area contributed by atoms with Crippen molar-refractivity contribution in [2.24, 2.45) is 0 Å². The summed E-state index contributed by atoms with van der Waals surface area (Å²) in [5.41, 5.74) is 2.46. The van der Waals surface area contributed by atoms with E-state index in [4.69, 9.17) is 23.2 Å². The molecule has 1 heterocycles. The van der Waals surface area contributed by atoms with Crippen LogP contribution >= 0.6 is 23.2 Å². The molecular formula is C22H25Cl2N3O. The van der Waals surface area contributed by atoms with Gasteiger partial charge in [-0.05, 0) is 42.7 Å². The average molecular weight is 418 g/mol. The van der Waals surface area contributed by atoms with Crippen LogP contribution in [-0.2, 0) is 4.79 Å². The number of nitrogens with zero attached hydrogens (tertiary/aromatic N) is 1. The predicted octanol–water partition coefficient (Wildman–Crippen LogP) is 4.41. The second-order valence-electron chi connectivity index (χ2n) is 6.43. The minimum atomic E-state index is -0.243. The summed E-state index contributed by atoms with van der Waals surface area (Å²) in [6.45, 7) is 4.04. The van der Waals surface area contributed by atoms with E-state index in [1.807, 2.05) is 45.3 Å². The van der Waals surface area contributed by atoms with Crippen molar-refractivity contribution in [2.45, 2.75) is 20.3 Å². The van der Waals surface area contributed by atoms with Gasteiger partial charge in [-0.15, -0.1) is 0 Å². The van der Waals surface area contributed by atoms with Gasteiger partial charge >= 0.3 is 0 Å². The van der Waals surface area contributed by atoms with Gasteiger partial charge in [0.1, 0.15) is 0 Å². The van der Waals surface area contributed by atoms with Crippen molar-refractivity contribution < 1.29 is 4.79 Å². The summed E-state index contributed by atoms with van der Waals surface area (Å²) in [5, 5.41) is 5.89. The molecule has 0 bridgehead atoms. The van der Waals surface area contributed by atoms with Gasteiger partial charge in [-0.1, -0.05) is 48.3 Å². The first-order valence-electron chi connectivity index (χ1n) is 9.02. The number of nitrogens with one attached hydrogen (secondary N) is 2. The number of allylic oxidation sites excluding steroid dienone is 2. The molecule has 0 radical (unpaired) electrons. The Hall–Kier alpha value is -2.43. The van der Waals surface area contributed by atoms with Crippen molar-refractivity contribution in [2.75, 3.05) is 19.4 Å². The van der Waals surface area contributed by atoms with Gasteiger partial charge < -0.3 is 15.2 Å². The molecule has 0 spiro atoms. The van der Waals surface area contributed by atoms with Crippen LogP contribution in [0.25, 0.3) is 17.7 Å². The summed E-state index contributed by atoms with van der Waals surface area (Å²) in [6.07, 6.45) is 11.9. The fraction of sp³-hybridized carbons (Fsp3) is 0.227. The lowest BCUT2D eigenvalue weighted by Crippen LogP contribution is -2.23. The van der Waals surface area contributed by atoms with Crippen molar-refractivity contribution >= 4 is 52.5 Å². The van der Waals surface area contributed by atoms with Crippen molar-refractivity contribution in [3.05, 3.63) is 68.9 Å². The van der Waals surface area contributed by atoms with Crippen LogP contribution in [0.4, 0.5) is 5.69 Å². The van der Waals surface area contributed by atoms with Crippen molar-refractivity contribution in [3.63, 3.8) is 0 Å². The SMILES string of the molecule is C\C=C(/C=c1/c(Cl)c[nH]/c1=C\CC)c1ccc(Cl)c(NC(=O)/C=C/N(C)C)c1. The first kappa shape index (κ1) is 21.9. The van der Waals surface area contributed by atoms with E-state index in [2.05, 4.69) is 23.3 Å². The van der Waals surface area contributed by atoms with Gasteiger partial charge in [-0.25, -0.2) is 0 Å². The number of aromatic amines is 1. The molecule has 4 nitrogen and oxygen atoms in total. The highest BCUT2D eigenvalue weighted by Gasteiger charge is 2.07. The molecule has 0 aliphatic heterocycles. The lowest BCUT2D eigenvalue weighted by atomic mass is 10.0. The maximum atomic E-state index is 12.1. The molecule has 0 saturated heterocycles. The minimum Gasteiger partial charge on any atom is -0.383 e. The van der Waals surface area contributed by atoms with E-state index in [1.165, 1.54) is 6.08 Å². The molecule has 148 valence electrons. The lowest BCUT2D eigenvalue weighted by molar-refractivity contribution is -0.112. The standard InChI is InChI=1S/C22H25Cl2N3O/c1-5-7-20-17(19(24)14-25-20)12-15(6-2)16-8-9-18(23)21(13-16)26-22(28)10-11-27(3)4/h6-14,25H,5H2,1-4H3,(H,26,28)/b11-10+,15-6+,17-12-,20-7-. The molecule has 1 amide bonds. The largest absolute Gasteiger partial charge is 0.383 e. The number of carbonyl (C=O) groups is 1. The molecule has 0 fully saturated rings. The smallest absolute Gasteiger partial charge is 0.249 e. The van der Waals surface area contributed by atoms with Crippen LogP contribution in [0.15, 0.2) is 42.7 Å². The van der Waals surface area contributed by atoms with Crippen LogP contribution in [0, 0.1) is 0 Å². The zero-order valence-corrected chi connectivity index (χ0v) is 18.0. The molecule has 2 aromatic rings. The van der Waals surface area contributed by atoms with Gasteiger partial charge in [0.05, 0.1) is 15.7 Å². The van der Waals surface area contributed by atoms with Crippen LogP contribution in [0.1, 0.15) is 25.8 Å². The molecule has 0 atom stereocenters. The molecule has 28 heavy (non-hydrogen) atoms. The first-order valence-corrected chi connectivity index (χ1v) is 9.78. The number of carbonyl (C=O) groups excluding carboxylic acids is 1. The Labute approximate surface area is 175 Å². The number of H-pyrrole nitrogens is 1. The number of anilines is 1. The average Bonchev–Trinajstić information content (AvgIpc) is 3.00. The quantitative estimate of drug-likeness (QED) is 0.683. The van der Waals surface area contributed by atoms with E-state index in [0.717, 1.165) is 28.1 Å². The molecule has 1 aromatic heterocycles. The Morgan fingerprint density at radius 3 is 2.64 bits per heavy atom. The second-order valence-corrected chi connectivity index (χ2v) is 7.24. The Morgan fingerprint density at radius 2 is 2.00 bits per heavy atom. The number of hydrogen-bond acceptors (Lipinski definition) is 2. The zero-order valence-electron chi connectivity index (χ0n) is 16.5. The number of aromatic nitrogens is 1. The van der Waals surface area contributed by atoms with Gasteiger partial charge in [0.2, 0.25) is 5.91 Å². The summed E-state index contributed by atoms with van der Waals surface area (Å²) in [6, 6.07) is 5.56. The lowest BCUT2D eigenvalue weighted by Gasteiger charge is -2.10. The summed E-state index contributed by atoms with van der Waals surface area (Å²) in [4.78, 5) is 17.1.